The molecule has 5 rings (SSSR count). The number of carbonyl (C=O) groups excluding carboxylic acids is 1. The zero-order valence-electron chi connectivity index (χ0n) is 20.3. The van der Waals surface area contributed by atoms with E-state index < -0.39 is 0 Å². The van der Waals surface area contributed by atoms with E-state index in [1.807, 2.05) is 63.2 Å². The highest BCUT2D eigenvalue weighted by Crippen LogP contribution is 2.35. The molecule has 7 heteroatoms. The summed E-state index contributed by atoms with van der Waals surface area (Å²) in [6.45, 7) is 6.04. The maximum Gasteiger partial charge on any atom is 0.267 e. The molecule has 0 radical (unpaired) electrons. The molecule has 0 aliphatic heterocycles. The van der Waals surface area contributed by atoms with E-state index in [1.165, 1.54) is 22.2 Å². The Morgan fingerprint density at radius 1 is 1.14 bits per heavy atom. The number of aromatic nitrogens is 2. The number of benzene rings is 2. The summed E-state index contributed by atoms with van der Waals surface area (Å²) in [6, 6.07) is 15.9. The zero-order chi connectivity index (χ0) is 24.5. The first-order valence-corrected chi connectivity index (χ1v) is 13.8. The van der Waals surface area contributed by atoms with E-state index in [9.17, 15) is 9.59 Å². The van der Waals surface area contributed by atoms with Crippen molar-refractivity contribution >= 4 is 39.2 Å². The summed E-state index contributed by atoms with van der Waals surface area (Å²) in [5.41, 5.74) is 5.19. The fourth-order valence-corrected chi connectivity index (χ4v) is 6.91. The number of hydrogen-bond acceptors (Lipinski definition) is 5. The number of thiophene rings is 1. The highest BCUT2D eigenvalue weighted by molar-refractivity contribution is 7.99. The van der Waals surface area contributed by atoms with Crippen LogP contribution in [0.1, 0.15) is 52.9 Å². The van der Waals surface area contributed by atoms with Crippen molar-refractivity contribution in [3.05, 3.63) is 86.0 Å². The lowest BCUT2D eigenvalue weighted by Gasteiger charge is -2.17. The largest absolute Gasteiger partial charge is 0.349 e. The molecule has 2 heterocycles. The Morgan fingerprint density at radius 3 is 2.69 bits per heavy atom. The number of nitrogens with one attached hydrogen (secondary N) is 1. The van der Waals surface area contributed by atoms with Crippen molar-refractivity contribution in [3.8, 4) is 5.69 Å². The first-order chi connectivity index (χ1) is 16.9. The number of rotatable bonds is 6. The van der Waals surface area contributed by atoms with Crippen LogP contribution < -0.4 is 10.9 Å². The van der Waals surface area contributed by atoms with Crippen LogP contribution in [0.4, 0.5) is 0 Å². The molecular weight excluding hydrogens is 474 g/mol. The van der Waals surface area contributed by atoms with E-state index in [4.69, 9.17) is 4.98 Å². The lowest BCUT2D eigenvalue weighted by molar-refractivity contribution is -0.119. The molecule has 1 aliphatic carbocycles. The summed E-state index contributed by atoms with van der Waals surface area (Å²) < 4.78 is 1.72. The van der Waals surface area contributed by atoms with Gasteiger partial charge in [0.2, 0.25) is 5.91 Å². The van der Waals surface area contributed by atoms with Crippen molar-refractivity contribution in [2.45, 2.75) is 57.7 Å². The molecule has 0 bridgehead atoms. The molecular formula is C28H29N3O2S2. The topological polar surface area (TPSA) is 64.0 Å². The van der Waals surface area contributed by atoms with Crippen LogP contribution in [0, 0.1) is 13.8 Å². The Balaban J connectivity index is 1.51. The van der Waals surface area contributed by atoms with Crippen LogP contribution in [0.5, 0.6) is 0 Å². The molecule has 5 nitrogen and oxygen atoms in total. The van der Waals surface area contributed by atoms with Crippen molar-refractivity contribution in [2.24, 2.45) is 0 Å². The zero-order valence-corrected chi connectivity index (χ0v) is 21.9. The average molecular weight is 504 g/mol. The van der Waals surface area contributed by atoms with Gasteiger partial charge in [-0.15, -0.1) is 11.3 Å². The standard InChI is InChI=1S/C28H29N3O2S2/c1-17-13-14-22(18(2)15-17)31-27(33)25-21-11-7-8-12-23(21)35-26(25)30-28(31)34-16-24(32)29-19(3)20-9-5-4-6-10-20/h4-6,9-10,13-15,19H,7-8,11-12,16H2,1-3H3,(H,29,32)/t19-/m1/s1. The molecule has 1 amide bonds. The normalized spacial score (nSPS) is 14.0. The van der Waals surface area contributed by atoms with Crippen molar-refractivity contribution < 1.29 is 4.79 Å². The summed E-state index contributed by atoms with van der Waals surface area (Å²) in [5, 5.41) is 4.39. The van der Waals surface area contributed by atoms with Gasteiger partial charge in [-0.1, -0.05) is 59.8 Å². The van der Waals surface area contributed by atoms with E-state index in [0.717, 1.165) is 58.3 Å². The summed E-state index contributed by atoms with van der Waals surface area (Å²) >= 11 is 2.96. The van der Waals surface area contributed by atoms with E-state index in [-0.39, 0.29) is 23.3 Å². The molecule has 0 fully saturated rings. The van der Waals surface area contributed by atoms with Crippen LogP contribution in [0.15, 0.2) is 58.5 Å². The second-order valence-electron chi connectivity index (χ2n) is 9.20. The summed E-state index contributed by atoms with van der Waals surface area (Å²) in [5.74, 6) is 0.101. The fraction of sp³-hybridized carbons (Fsp3) is 0.321. The third-order valence-electron chi connectivity index (χ3n) is 6.56. The van der Waals surface area contributed by atoms with Crippen LogP contribution in [-0.4, -0.2) is 21.2 Å². The molecule has 2 aromatic carbocycles. The van der Waals surface area contributed by atoms with Gasteiger partial charge in [-0.3, -0.25) is 14.2 Å². The van der Waals surface area contributed by atoms with E-state index in [0.29, 0.717) is 5.16 Å². The van der Waals surface area contributed by atoms with Gasteiger partial charge >= 0.3 is 0 Å². The predicted molar refractivity (Wildman–Crippen MR) is 145 cm³/mol. The maximum atomic E-state index is 13.9. The SMILES string of the molecule is Cc1ccc(-n2c(SCC(=O)N[C@H](C)c3ccccc3)nc3sc4c(c3c2=O)CCCC4)c(C)c1. The smallest absolute Gasteiger partial charge is 0.267 e. The Hall–Kier alpha value is -2.90. The second-order valence-corrected chi connectivity index (χ2v) is 11.2. The number of fused-ring (bicyclic) bond motifs is 3. The lowest BCUT2D eigenvalue weighted by atomic mass is 9.97. The minimum absolute atomic E-state index is 0.0260. The predicted octanol–water partition coefficient (Wildman–Crippen LogP) is 5.91. The molecule has 2 aromatic heterocycles. The van der Waals surface area contributed by atoms with Crippen molar-refractivity contribution in [1.82, 2.24) is 14.9 Å². The molecule has 0 spiro atoms. The number of thioether (sulfide) groups is 1. The number of carbonyl (C=O) groups is 1. The van der Waals surface area contributed by atoms with Gasteiger partial charge in [0.1, 0.15) is 4.83 Å². The third kappa shape index (κ3) is 4.80. The van der Waals surface area contributed by atoms with E-state index in [2.05, 4.69) is 11.4 Å². The van der Waals surface area contributed by atoms with Crippen molar-refractivity contribution in [3.63, 3.8) is 0 Å². The number of nitrogens with zero attached hydrogens (tertiary/aromatic N) is 2. The second kappa shape index (κ2) is 9.99. The maximum absolute atomic E-state index is 13.9. The van der Waals surface area contributed by atoms with Gasteiger partial charge in [-0.05, 0) is 69.2 Å². The van der Waals surface area contributed by atoms with E-state index >= 15 is 0 Å². The van der Waals surface area contributed by atoms with Gasteiger partial charge in [0.05, 0.1) is 22.9 Å². The van der Waals surface area contributed by atoms with Crippen molar-refractivity contribution in [2.75, 3.05) is 5.75 Å². The van der Waals surface area contributed by atoms with Crippen LogP contribution in [0.2, 0.25) is 0 Å². The molecule has 1 atom stereocenters. The molecule has 180 valence electrons. The molecule has 0 saturated carbocycles. The van der Waals surface area contributed by atoms with Gasteiger partial charge in [0.25, 0.3) is 5.56 Å². The van der Waals surface area contributed by atoms with Gasteiger partial charge in [0, 0.05) is 4.88 Å². The van der Waals surface area contributed by atoms with Crippen LogP contribution in [0.25, 0.3) is 15.9 Å². The lowest BCUT2D eigenvalue weighted by Crippen LogP contribution is -2.29. The minimum Gasteiger partial charge on any atom is -0.349 e. The third-order valence-corrected chi connectivity index (χ3v) is 8.69. The molecule has 35 heavy (non-hydrogen) atoms. The molecule has 0 saturated heterocycles. The van der Waals surface area contributed by atoms with Gasteiger partial charge in [-0.2, -0.15) is 0 Å². The Bertz CT molecular complexity index is 1460. The summed E-state index contributed by atoms with van der Waals surface area (Å²) in [6.07, 6.45) is 4.22. The first kappa shape index (κ1) is 23.8. The minimum atomic E-state index is -0.0923. The van der Waals surface area contributed by atoms with Gasteiger partial charge < -0.3 is 5.32 Å². The average Bonchev–Trinajstić information content (AvgIpc) is 3.23. The number of amides is 1. The van der Waals surface area contributed by atoms with Gasteiger partial charge in [-0.25, -0.2) is 4.98 Å². The van der Waals surface area contributed by atoms with Crippen molar-refractivity contribution in [1.29, 1.82) is 0 Å². The first-order valence-electron chi connectivity index (χ1n) is 12.0. The highest BCUT2D eigenvalue weighted by Gasteiger charge is 2.24. The quantitative estimate of drug-likeness (QED) is 0.262. The Kier molecular flexibility index (Phi) is 6.80. The molecule has 1 aliphatic rings. The number of hydrogen-bond donors (Lipinski definition) is 1. The van der Waals surface area contributed by atoms with Crippen LogP contribution in [0.3, 0.4) is 0 Å². The fourth-order valence-electron chi connectivity index (χ4n) is 4.79. The van der Waals surface area contributed by atoms with Crippen LogP contribution >= 0.6 is 23.1 Å². The summed E-state index contributed by atoms with van der Waals surface area (Å²) in [4.78, 5) is 33.8. The highest BCUT2D eigenvalue weighted by atomic mass is 32.2. The summed E-state index contributed by atoms with van der Waals surface area (Å²) in [7, 11) is 0. The van der Waals surface area contributed by atoms with Crippen LogP contribution in [-0.2, 0) is 17.6 Å². The molecule has 0 unspecified atom stereocenters. The Labute approximate surface area is 213 Å². The van der Waals surface area contributed by atoms with E-state index in [1.54, 1.807) is 15.9 Å². The Morgan fingerprint density at radius 2 is 1.91 bits per heavy atom. The van der Waals surface area contributed by atoms with Gasteiger partial charge in [0.15, 0.2) is 5.16 Å². The molecule has 1 N–H and O–H groups in total. The monoisotopic (exact) mass is 503 g/mol. The molecule has 4 aromatic rings. The number of aryl methyl sites for hydroxylation is 4.